The molecule has 0 radical (unpaired) electrons. The van der Waals surface area contributed by atoms with Gasteiger partial charge in [0.05, 0.1) is 19.8 Å². The third-order valence-electron chi connectivity index (χ3n) is 1.88. The molecule has 1 saturated heterocycles. The molecule has 1 N–H and O–H groups in total. The van der Waals surface area contributed by atoms with Crippen molar-refractivity contribution < 1.29 is 9.84 Å². The van der Waals surface area contributed by atoms with Crippen LogP contribution in [0.1, 0.15) is 0 Å². The van der Waals surface area contributed by atoms with Gasteiger partial charge in [-0.25, -0.2) is 0 Å². The molecule has 0 aromatic carbocycles. The van der Waals surface area contributed by atoms with E-state index >= 15 is 0 Å². The van der Waals surface area contributed by atoms with E-state index in [9.17, 15) is 0 Å². The van der Waals surface area contributed by atoms with Crippen LogP contribution in [0.2, 0.25) is 0 Å². The molecule has 8 heavy (non-hydrogen) atoms. The quantitative estimate of drug-likeness (QED) is 0.481. The van der Waals surface area contributed by atoms with Crippen molar-refractivity contribution in [3.05, 3.63) is 11.1 Å². The molecule has 2 rings (SSSR count). The Labute approximate surface area is 47.8 Å². The van der Waals surface area contributed by atoms with Gasteiger partial charge in [-0.15, -0.1) is 0 Å². The van der Waals surface area contributed by atoms with Gasteiger partial charge in [0.15, 0.2) is 0 Å². The highest BCUT2D eigenvalue weighted by Crippen LogP contribution is 2.43. The minimum absolute atomic E-state index is 0.253. The monoisotopic (exact) mass is 112 g/mol. The Morgan fingerprint density at radius 1 is 1.75 bits per heavy atom. The maximum atomic E-state index is 8.60. The summed E-state index contributed by atoms with van der Waals surface area (Å²) in [5.41, 5.74) is 2.59. The molecule has 2 aliphatic rings. The van der Waals surface area contributed by atoms with Crippen molar-refractivity contribution in [3.8, 4) is 0 Å². The van der Waals surface area contributed by atoms with Crippen LogP contribution in [-0.2, 0) is 4.74 Å². The number of aliphatic hydroxyl groups is 1. The molecule has 1 atom stereocenters. The summed E-state index contributed by atoms with van der Waals surface area (Å²) in [6.45, 7) is 1.86. The van der Waals surface area contributed by atoms with Gasteiger partial charge in [-0.3, -0.25) is 0 Å². The van der Waals surface area contributed by atoms with E-state index in [1.165, 1.54) is 11.1 Å². The summed E-state index contributed by atoms with van der Waals surface area (Å²) in [7, 11) is 0. The molecule has 0 aromatic heterocycles. The van der Waals surface area contributed by atoms with Crippen LogP contribution in [0.25, 0.3) is 0 Å². The van der Waals surface area contributed by atoms with Gasteiger partial charge in [0.2, 0.25) is 0 Å². The highest BCUT2D eigenvalue weighted by Gasteiger charge is 2.39. The van der Waals surface area contributed by atoms with Crippen LogP contribution in [0, 0.1) is 5.92 Å². The number of fused-ring (bicyclic) bond motifs is 1. The summed E-state index contributed by atoms with van der Waals surface area (Å²) in [5, 5.41) is 8.60. The maximum absolute atomic E-state index is 8.60. The number of aliphatic hydroxyl groups excluding tert-OH is 1. The van der Waals surface area contributed by atoms with Gasteiger partial charge in [0.25, 0.3) is 0 Å². The fraction of sp³-hybridized carbons (Fsp3) is 0.667. The molecule has 2 nitrogen and oxygen atoms in total. The largest absolute Gasteiger partial charge is 0.392 e. The number of hydrogen-bond donors (Lipinski definition) is 1. The molecular weight excluding hydrogens is 104 g/mol. The molecule has 1 unspecified atom stereocenters. The van der Waals surface area contributed by atoms with Gasteiger partial charge in [-0.05, 0) is 11.1 Å². The van der Waals surface area contributed by atoms with Gasteiger partial charge in [-0.1, -0.05) is 0 Å². The maximum Gasteiger partial charge on any atom is 0.0687 e. The average Bonchev–Trinajstić information content (AvgIpc) is 2.22. The van der Waals surface area contributed by atoms with Gasteiger partial charge >= 0.3 is 0 Å². The van der Waals surface area contributed by atoms with Crippen LogP contribution in [0.15, 0.2) is 11.1 Å². The normalized spacial score (nSPS) is 33.4. The summed E-state index contributed by atoms with van der Waals surface area (Å²) in [4.78, 5) is 0. The van der Waals surface area contributed by atoms with Crippen molar-refractivity contribution in [1.29, 1.82) is 0 Å². The van der Waals surface area contributed by atoms with Crippen LogP contribution in [0.3, 0.4) is 0 Å². The minimum atomic E-state index is 0.253. The van der Waals surface area contributed by atoms with E-state index in [-0.39, 0.29) is 6.61 Å². The van der Waals surface area contributed by atoms with E-state index in [1.54, 1.807) is 0 Å². The molecule has 0 amide bonds. The van der Waals surface area contributed by atoms with E-state index in [4.69, 9.17) is 9.84 Å². The summed E-state index contributed by atoms with van der Waals surface area (Å²) in [6, 6.07) is 0. The fourth-order valence-corrected chi connectivity index (χ4v) is 1.27. The van der Waals surface area contributed by atoms with Crippen molar-refractivity contribution in [3.63, 3.8) is 0 Å². The summed E-state index contributed by atoms with van der Waals surface area (Å²) < 4.78 is 5.07. The molecule has 1 fully saturated rings. The lowest BCUT2D eigenvalue weighted by molar-refractivity contribution is 0.184. The first kappa shape index (κ1) is 4.53. The lowest BCUT2D eigenvalue weighted by Crippen LogP contribution is -1.92. The van der Waals surface area contributed by atoms with Crippen molar-refractivity contribution in [2.24, 2.45) is 5.92 Å². The highest BCUT2D eigenvalue weighted by atomic mass is 16.5. The Balaban J connectivity index is 2.10. The lowest BCUT2D eigenvalue weighted by atomic mass is 10.3. The molecule has 1 aliphatic heterocycles. The molecule has 0 aromatic rings. The first-order valence-electron chi connectivity index (χ1n) is 2.84. The standard InChI is InChI=1S/C6H8O2/c7-1-4-5-2-8-3-6(4)5/h5,7H,1-3H2. The molecule has 0 spiro atoms. The predicted octanol–water partition coefficient (Wildman–Crippen LogP) is -0.0647. The third kappa shape index (κ3) is 0.394. The van der Waals surface area contributed by atoms with Crippen molar-refractivity contribution in [1.82, 2.24) is 0 Å². The van der Waals surface area contributed by atoms with Gasteiger partial charge in [-0.2, -0.15) is 0 Å². The van der Waals surface area contributed by atoms with Crippen LogP contribution >= 0.6 is 0 Å². The average molecular weight is 112 g/mol. The zero-order valence-electron chi connectivity index (χ0n) is 4.55. The number of ether oxygens (including phenoxy) is 1. The van der Waals surface area contributed by atoms with Gasteiger partial charge in [0, 0.05) is 5.92 Å². The Bertz CT molecular complexity index is 143. The topological polar surface area (TPSA) is 29.5 Å². The van der Waals surface area contributed by atoms with Crippen molar-refractivity contribution in [2.45, 2.75) is 0 Å². The Hall–Kier alpha value is -0.340. The predicted molar refractivity (Wildman–Crippen MR) is 28.4 cm³/mol. The second kappa shape index (κ2) is 1.33. The third-order valence-corrected chi connectivity index (χ3v) is 1.88. The molecule has 44 valence electrons. The highest BCUT2D eigenvalue weighted by molar-refractivity contribution is 5.43. The number of hydrogen-bond acceptors (Lipinski definition) is 2. The molecule has 1 heterocycles. The zero-order chi connectivity index (χ0) is 5.56. The van der Waals surface area contributed by atoms with E-state index in [0.717, 1.165) is 13.2 Å². The van der Waals surface area contributed by atoms with Crippen LogP contribution < -0.4 is 0 Å². The minimum Gasteiger partial charge on any atom is -0.392 e. The zero-order valence-corrected chi connectivity index (χ0v) is 4.55. The summed E-state index contributed by atoms with van der Waals surface area (Å²) in [6.07, 6.45) is 0. The van der Waals surface area contributed by atoms with Gasteiger partial charge in [0.1, 0.15) is 0 Å². The molecule has 2 heteroatoms. The fourth-order valence-electron chi connectivity index (χ4n) is 1.27. The van der Waals surface area contributed by atoms with Crippen molar-refractivity contribution >= 4 is 0 Å². The second-order valence-corrected chi connectivity index (χ2v) is 2.28. The lowest BCUT2D eigenvalue weighted by Gasteiger charge is -1.91. The van der Waals surface area contributed by atoms with E-state index in [1.807, 2.05) is 0 Å². The van der Waals surface area contributed by atoms with E-state index < -0.39 is 0 Å². The molecule has 0 bridgehead atoms. The van der Waals surface area contributed by atoms with E-state index in [0.29, 0.717) is 5.92 Å². The van der Waals surface area contributed by atoms with Gasteiger partial charge < -0.3 is 9.84 Å². The first-order chi connectivity index (χ1) is 3.93. The second-order valence-electron chi connectivity index (χ2n) is 2.28. The van der Waals surface area contributed by atoms with E-state index in [2.05, 4.69) is 0 Å². The molecule has 1 aliphatic carbocycles. The number of rotatable bonds is 1. The molecule has 0 saturated carbocycles. The summed E-state index contributed by atoms with van der Waals surface area (Å²) >= 11 is 0. The Kier molecular flexibility index (Phi) is 0.754. The van der Waals surface area contributed by atoms with Crippen molar-refractivity contribution in [2.75, 3.05) is 19.8 Å². The smallest absolute Gasteiger partial charge is 0.0687 e. The SMILES string of the molecule is OCC1=C2COCC12. The summed E-state index contributed by atoms with van der Waals surface area (Å²) in [5.74, 6) is 0.556. The Morgan fingerprint density at radius 2 is 2.62 bits per heavy atom. The Morgan fingerprint density at radius 3 is 3.00 bits per heavy atom. The van der Waals surface area contributed by atoms with Crippen LogP contribution in [-0.4, -0.2) is 24.9 Å². The van der Waals surface area contributed by atoms with Crippen LogP contribution in [0.5, 0.6) is 0 Å². The van der Waals surface area contributed by atoms with Crippen LogP contribution in [0.4, 0.5) is 0 Å². The first-order valence-corrected chi connectivity index (χ1v) is 2.84. The molecular formula is C6H8O2.